The number of rotatable bonds is 5. The lowest BCUT2D eigenvalue weighted by Crippen LogP contribution is -2.17. The van der Waals surface area contributed by atoms with Gasteiger partial charge in [0.2, 0.25) is 0 Å². The molecule has 3 aromatic rings. The van der Waals surface area contributed by atoms with Crippen molar-refractivity contribution in [1.82, 2.24) is 0 Å². The highest BCUT2D eigenvalue weighted by atomic mass is 35.5. The van der Waals surface area contributed by atoms with Gasteiger partial charge < -0.3 is 9.84 Å². The third-order valence-electron chi connectivity index (χ3n) is 4.12. The summed E-state index contributed by atoms with van der Waals surface area (Å²) in [7, 11) is -3.39. The standard InChI is InChI=1S/C20H14Cl2FNO5S/c1-29-20(26)14-9-16(23)13(11-5-3-2-4-6-11)10-17(14)24-30(27,28)18-8-12(21)7-15(22)19(18)25/h2-10,24-25H,1H3. The molecule has 0 amide bonds. The van der Waals surface area contributed by atoms with E-state index in [0.717, 1.165) is 25.3 Å². The highest BCUT2D eigenvalue weighted by molar-refractivity contribution is 7.92. The monoisotopic (exact) mass is 469 g/mol. The quantitative estimate of drug-likeness (QED) is 0.507. The summed E-state index contributed by atoms with van der Waals surface area (Å²) >= 11 is 11.7. The van der Waals surface area contributed by atoms with Gasteiger partial charge in [-0.15, -0.1) is 0 Å². The summed E-state index contributed by atoms with van der Waals surface area (Å²) in [5.74, 6) is -2.43. The largest absolute Gasteiger partial charge is 0.505 e. The van der Waals surface area contributed by atoms with Crippen molar-refractivity contribution in [3.8, 4) is 16.9 Å². The van der Waals surface area contributed by atoms with E-state index < -0.39 is 32.5 Å². The first kappa shape index (κ1) is 21.9. The first-order valence-corrected chi connectivity index (χ1v) is 10.6. The molecule has 156 valence electrons. The van der Waals surface area contributed by atoms with Crippen LogP contribution in [0.3, 0.4) is 0 Å². The number of aromatic hydroxyl groups is 1. The predicted molar refractivity (Wildman–Crippen MR) is 112 cm³/mol. The van der Waals surface area contributed by atoms with Gasteiger partial charge in [0.15, 0.2) is 5.75 Å². The minimum absolute atomic E-state index is 0.0320. The molecule has 30 heavy (non-hydrogen) atoms. The lowest BCUT2D eigenvalue weighted by molar-refractivity contribution is 0.0601. The fourth-order valence-electron chi connectivity index (χ4n) is 2.72. The van der Waals surface area contributed by atoms with Crippen molar-refractivity contribution in [2.24, 2.45) is 0 Å². The van der Waals surface area contributed by atoms with Gasteiger partial charge in [-0.05, 0) is 29.8 Å². The summed E-state index contributed by atoms with van der Waals surface area (Å²) in [6.45, 7) is 0. The third kappa shape index (κ3) is 4.35. The minimum Gasteiger partial charge on any atom is -0.505 e. The Kier molecular flexibility index (Phi) is 6.21. The van der Waals surface area contributed by atoms with Crippen LogP contribution in [0.4, 0.5) is 10.1 Å². The van der Waals surface area contributed by atoms with Crippen molar-refractivity contribution >= 4 is 44.9 Å². The number of sulfonamides is 1. The van der Waals surface area contributed by atoms with Crippen LogP contribution in [-0.4, -0.2) is 26.6 Å². The maximum absolute atomic E-state index is 14.7. The number of carbonyl (C=O) groups excluding carboxylic acids is 1. The summed E-state index contributed by atoms with van der Waals surface area (Å²) < 4.78 is 47.3. The molecule has 0 spiro atoms. The Morgan fingerprint density at radius 1 is 1.10 bits per heavy atom. The maximum Gasteiger partial charge on any atom is 0.340 e. The number of hydrogen-bond donors (Lipinski definition) is 2. The van der Waals surface area contributed by atoms with Gasteiger partial charge in [0.05, 0.1) is 23.4 Å². The summed E-state index contributed by atoms with van der Waals surface area (Å²) in [5.41, 5.74) is -0.0988. The molecule has 0 atom stereocenters. The van der Waals surface area contributed by atoms with E-state index in [1.165, 1.54) is 6.07 Å². The second kappa shape index (κ2) is 8.51. The molecule has 0 radical (unpaired) electrons. The van der Waals surface area contributed by atoms with E-state index in [4.69, 9.17) is 23.2 Å². The molecular formula is C20H14Cl2FNO5S. The first-order chi connectivity index (χ1) is 14.1. The zero-order chi connectivity index (χ0) is 22.1. The third-order valence-corrected chi connectivity index (χ3v) is 6.01. The number of ether oxygens (including phenoxy) is 1. The molecule has 10 heteroatoms. The molecule has 6 nitrogen and oxygen atoms in total. The summed E-state index contributed by atoms with van der Waals surface area (Å²) in [4.78, 5) is 11.5. The molecule has 3 aromatic carbocycles. The zero-order valence-corrected chi connectivity index (χ0v) is 17.6. The number of phenolic OH excluding ortho intramolecular Hbond substituents is 1. The number of benzene rings is 3. The number of anilines is 1. The van der Waals surface area contributed by atoms with Crippen LogP contribution in [0, 0.1) is 5.82 Å². The topological polar surface area (TPSA) is 92.7 Å². The molecule has 0 aromatic heterocycles. The van der Waals surface area contributed by atoms with E-state index >= 15 is 0 Å². The number of nitrogens with one attached hydrogen (secondary N) is 1. The summed E-state index contributed by atoms with van der Waals surface area (Å²) in [6.07, 6.45) is 0. The predicted octanol–water partition coefficient (Wildman–Crippen LogP) is 5.09. The molecule has 0 bridgehead atoms. The Morgan fingerprint density at radius 3 is 2.40 bits per heavy atom. The molecule has 0 saturated heterocycles. The number of phenols is 1. The van der Waals surface area contributed by atoms with Gasteiger partial charge in [0.1, 0.15) is 10.7 Å². The van der Waals surface area contributed by atoms with Gasteiger partial charge in [0, 0.05) is 10.6 Å². The normalized spacial score (nSPS) is 11.2. The Balaban J connectivity index is 2.18. The van der Waals surface area contributed by atoms with Crippen molar-refractivity contribution in [3.05, 3.63) is 76.0 Å². The number of esters is 1. The van der Waals surface area contributed by atoms with E-state index in [1.54, 1.807) is 30.3 Å². The summed E-state index contributed by atoms with van der Waals surface area (Å²) in [6, 6.07) is 12.5. The minimum atomic E-state index is -4.46. The highest BCUT2D eigenvalue weighted by Crippen LogP contribution is 2.36. The van der Waals surface area contributed by atoms with Crippen molar-refractivity contribution in [1.29, 1.82) is 0 Å². The maximum atomic E-state index is 14.7. The number of methoxy groups -OCH3 is 1. The lowest BCUT2D eigenvalue weighted by Gasteiger charge is -2.15. The SMILES string of the molecule is COC(=O)c1cc(F)c(-c2ccccc2)cc1NS(=O)(=O)c1cc(Cl)cc(Cl)c1O. The van der Waals surface area contributed by atoms with Crippen molar-refractivity contribution in [2.45, 2.75) is 4.90 Å². The van der Waals surface area contributed by atoms with E-state index in [2.05, 4.69) is 9.46 Å². The smallest absolute Gasteiger partial charge is 0.340 e. The van der Waals surface area contributed by atoms with Crippen molar-refractivity contribution in [2.75, 3.05) is 11.8 Å². The number of hydrogen-bond acceptors (Lipinski definition) is 5. The molecule has 0 saturated carbocycles. The molecular weight excluding hydrogens is 456 g/mol. The second-order valence-corrected chi connectivity index (χ2v) is 8.57. The van der Waals surface area contributed by atoms with Crippen molar-refractivity contribution < 1.29 is 27.4 Å². The van der Waals surface area contributed by atoms with E-state index in [0.29, 0.717) is 5.56 Å². The van der Waals surface area contributed by atoms with E-state index in [9.17, 15) is 22.7 Å². The molecule has 0 heterocycles. The van der Waals surface area contributed by atoms with Crippen LogP contribution >= 0.6 is 23.2 Å². The number of halogens is 3. The first-order valence-electron chi connectivity index (χ1n) is 8.32. The second-order valence-electron chi connectivity index (χ2n) is 6.08. The molecule has 0 aliphatic heterocycles. The molecule has 0 unspecified atom stereocenters. The molecule has 2 N–H and O–H groups in total. The van der Waals surface area contributed by atoms with Gasteiger partial charge in [-0.3, -0.25) is 4.72 Å². The lowest BCUT2D eigenvalue weighted by atomic mass is 10.0. The van der Waals surface area contributed by atoms with Crippen molar-refractivity contribution in [3.63, 3.8) is 0 Å². The van der Waals surface area contributed by atoms with Gasteiger partial charge in [-0.2, -0.15) is 0 Å². The van der Waals surface area contributed by atoms with Crippen LogP contribution in [0.5, 0.6) is 5.75 Å². The van der Waals surface area contributed by atoms with Crippen LogP contribution in [0.2, 0.25) is 10.0 Å². The fraction of sp³-hybridized carbons (Fsp3) is 0.0500. The Morgan fingerprint density at radius 2 is 1.77 bits per heavy atom. The summed E-state index contributed by atoms with van der Waals surface area (Å²) in [5, 5.41) is 9.77. The average Bonchev–Trinajstić information content (AvgIpc) is 2.71. The van der Waals surface area contributed by atoms with Crippen LogP contribution in [0.15, 0.2) is 59.5 Å². The van der Waals surface area contributed by atoms with Gasteiger partial charge in [-0.1, -0.05) is 53.5 Å². The van der Waals surface area contributed by atoms with Crippen LogP contribution < -0.4 is 4.72 Å². The molecule has 0 aliphatic rings. The molecule has 0 aliphatic carbocycles. The van der Waals surface area contributed by atoms with E-state index in [1.807, 2.05) is 0 Å². The number of carbonyl (C=O) groups is 1. The molecule has 3 rings (SSSR count). The Bertz CT molecular complexity index is 1230. The van der Waals surface area contributed by atoms with Crippen LogP contribution in [-0.2, 0) is 14.8 Å². The molecule has 0 fully saturated rings. The Labute approximate surface area is 181 Å². The van der Waals surface area contributed by atoms with E-state index in [-0.39, 0.29) is 26.9 Å². The van der Waals surface area contributed by atoms with Crippen LogP contribution in [0.25, 0.3) is 11.1 Å². The van der Waals surface area contributed by atoms with Gasteiger partial charge in [-0.25, -0.2) is 17.6 Å². The Hall–Kier alpha value is -2.81. The average molecular weight is 470 g/mol. The van der Waals surface area contributed by atoms with Gasteiger partial charge >= 0.3 is 5.97 Å². The highest BCUT2D eigenvalue weighted by Gasteiger charge is 2.26. The van der Waals surface area contributed by atoms with Crippen LogP contribution in [0.1, 0.15) is 10.4 Å². The van der Waals surface area contributed by atoms with Gasteiger partial charge in [0.25, 0.3) is 10.0 Å². The fourth-order valence-corrected chi connectivity index (χ4v) is 4.55. The zero-order valence-electron chi connectivity index (χ0n) is 15.3.